The summed E-state index contributed by atoms with van der Waals surface area (Å²) in [6.07, 6.45) is 3.19. The molecule has 0 unspecified atom stereocenters. The van der Waals surface area contributed by atoms with Gasteiger partial charge in [-0.25, -0.2) is 0 Å². The van der Waals surface area contributed by atoms with Gasteiger partial charge in [0.1, 0.15) is 5.75 Å². The molecule has 0 aromatic heterocycles. The summed E-state index contributed by atoms with van der Waals surface area (Å²) in [5.41, 5.74) is 3.99. The van der Waals surface area contributed by atoms with Crippen molar-refractivity contribution in [2.45, 2.75) is 50.7 Å². The van der Waals surface area contributed by atoms with Gasteiger partial charge in [-0.15, -0.1) is 0 Å². The Bertz CT molecular complexity index is 768. The van der Waals surface area contributed by atoms with Crippen LogP contribution in [-0.2, 0) is 16.7 Å². The second-order valence-corrected chi connectivity index (χ2v) is 9.03. The normalized spacial score (nSPS) is 21.0. The first-order valence-electron chi connectivity index (χ1n) is 10.6. The molecule has 1 heterocycles. The molecule has 1 saturated heterocycles. The van der Waals surface area contributed by atoms with Crippen LogP contribution in [0.2, 0.25) is 0 Å². The first-order chi connectivity index (χ1) is 13.8. The molecule has 0 bridgehead atoms. The average molecular weight is 397 g/mol. The molecule has 1 atom stereocenters. The number of methoxy groups -OCH3 is 1. The fraction of sp³-hybridized carbons (Fsp3) is 0.520. The maximum absolute atomic E-state index is 6.04. The zero-order valence-electron chi connectivity index (χ0n) is 18.6. The minimum absolute atomic E-state index is 0.0970. The van der Waals surface area contributed by atoms with E-state index in [2.05, 4.69) is 86.7 Å². The third kappa shape index (κ3) is 5.52. The molecule has 2 aromatic carbocycles. The van der Waals surface area contributed by atoms with Crippen LogP contribution in [0.4, 0.5) is 5.69 Å². The topological polar surface area (TPSA) is 33.7 Å². The molecule has 4 nitrogen and oxygen atoms in total. The van der Waals surface area contributed by atoms with E-state index < -0.39 is 0 Å². The Morgan fingerprint density at radius 3 is 2.31 bits per heavy atom. The van der Waals surface area contributed by atoms with Crippen LogP contribution < -0.4 is 15.0 Å². The summed E-state index contributed by atoms with van der Waals surface area (Å²) in [4.78, 5) is 2.13. The molecule has 1 aliphatic rings. The van der Waals surface area contributed by atoms with Crippen molar-refractivity contribution >= 4 is 5.69 Å². The Morgan fingerprint density at radius 2 is 1.72 bits per heavy atom. The quantitative estimate of drug-likeness (QED) is 0.652. The van der Waals surface area contributed by atoms with Crippen LogP contribution >= 0.6 is 0 Å². The van der Waals surface area contributed by atoms with E-state index in [-0.39, 0.29) is 11.0 Å². The van der Waals surface area contributed by atoms with Crippen molar-refractivity contribution in [3.63, 3.8) is 0 Å². The lowest BCUT2D eigenvalue weighted by atomic mass is 9.67. The maximum atomic E-state index is 6.04. The third-order valence-corrected chi connectivity index (χ3v) is 6.10. The zero-order chi connectivity index (χ0) is 20.9. The molecule has 3 rings (SSSR count). The number of nitrogens with zero attached hydrogens (tertiary/aromatic N) is 1. The van der Waals surface area contributed by atoms with Crippen LogP contribution in [-0.4, -0.2) is 40.0 Å². The SMILES string of the molecule is COc1ccc([C@]2(CCNCc3ccc(N(C)C)cc3)CCOC(C)(C)C2)cc1. The number of ether oxygens (including phenoxy) is 2. The lowest BCUT2D eigenvalue weighted by molar-refractivity contribution is -0.0840. The van der Waals surface area contributed by atoms with Crippen molar-refractivity contribution in [3.8, 4) is 5.75 Å². The lowest BCUT2D eigenvalue weighted by Gasteiger charge is -2.45. The van der Waals surface area contributed by atoms with Gasteiger partial charge in [0.05, 0.1) is 12.7 Å². The summed E-state index contributed by atoms with van der Waals surface area (Å²) < 4.78 is 11.4. The van der Waals surface area contributed by atoms with Gasteiger partial charge in [0.2, 0.25) is 0 Å². The number of benzene rings is 2. The number of rotatable bonds is 8. The van der Waals surface area contributed by atoms with Crippen LogP contribution in [0.3, 0.4) is 0 Å². The fourth-order valence-corrected chi connectivity index (χ4v) is 4.50. The third-order valence-electron chi connectivity index (χ3n) is 6.10. The average Bonchev–Trinajstić information content (AvgIpc) is 2.71. The molecule has 0 aliphatic carbocycles. The molecular formula is C25H36N2O2. The number of anilines is 1. The molecule has 1 fully saturated rings. The summed E-state index contributed by atoms with van der Waals surface area (Å²) in [6, 6.07) is 17.4. The Kier molecular flexibility index (Phi) is 6.86. The van der Waals surface area contributed by atoms with E-state index in [1.807, 2.05) is 0 Å². The van der Waals surface area contributed by atoms with E-state index in [9.17, 15) is 0 Å². The van der Waals surface area contributed by atoms with Crippen molar-refractivity contribution in [1.29, 1.82) is 0 Å². The van der Waals surface area contributed by atoms with Gasteiger partial charge < -0.3 is 19.7 Å². The molecule has 0 spiro atoms. The van der Waals surface area contributed by atoms with E-state index in [4.69, 9.17) is 9.47 Å². The van der Waals surface area contributed by atoms with Gasteiger partial charge in [-0.05, 0) is 75.0 Å². The van der Waals surface area contributed by atoms with Gasteiger partial charge in [-0.2, -0.15) is 0 Å². The highest BCUT2D eigenvalue weighted by atomic mass is 16.5. The second-order valence-electron chi connectivity index (χ2n) is 9.03. The summed E-state index contributed by atoms with van der Waals surface area (Å²) in [6.45, 7) is 7.11. The monoisotopic (exact) mass is 396 g/mol. The van der Waals surface area contributed by atoms with Crippen LogP contribution in [0, 0.1) is 0 Å². The Hall–Kier alpha value is -2.04. The summed E-state index contributed by atoms with van der Waals surface area (Å²) in [5.74, 6) is 0.912. The van der Waals surface area contributed by atoms with Gasteiger partial charge >= 0.3 is 0 Å². The van der Waals surface area contributed by atoms with Gasteiger partial charge in [-0.1, -0.05) is 24.3 Å². The molecule has 29 heavy (non-hydrogen) atoms. The fourth-order valence-electron chi connectivity index (χ4n) is 4.50. The number of hydrogen-bond donors (Lipinski definition) is 1. The number of hydrogen-bond acceptors (Lipinski definition) is 4. The number of nitrogens with one attached hydrogen (secondary N) is 1. The standard InChI is InChI=1S/C25H36N2O2/c1-24(2)19-25(15-17-29-24,21-8-12-23(28-5)13-9-21)14-16-26-18-20-6-10-22(11-7-20)27(3)4/h6-13,26H,14-19H2,1-5H3/t25-/m1/s1. The van der Waals surface area contributed by atoms with E-state index in [1.165, 1.54) is 16.8 Å². The van der Waals surface area contributed by atoms with Crippen molar-refractivity contribution in [2.24, 2.45) is 0 Å². The minimum atomic E-state index is -0.0970. The van der Waals surface area contributed by atoms with Gasteiger partial charge in [-0.3, -0.25) is 0 Å². The minimum Gasteiger partial charge on any atom is -0.497 e. The van der Waals surface area contributed by atoms with Crippen molar-refractivity contribution in [3.05, 3.63) is 59.7 Å². The Balaban J connectivity index is 1.65. The van der Waals surface area contributed by atoms with E-state index >= 15 is 0 Å². The van der Waals surface area contributed by atoms with Crippen molar-refractivity contribution in [2.75, 3.05) is 39.3 Å². The largest absolute Gasteiger partial charge is 0.497 e. The van der Waals surface area contributed by atoms with Crippen LogP contribution in [0.5, 0.6) is 5.75 Å². The lowest BCUT2D eigenvalue weighted by Crippen LogP contribution is -2.45. The highest BCUT2D eigenvalue weighted by Crippen LogP contribution is 2.44. The predicted octanol–water partition coefficient (Wildman–Crippen LogP) is 4.77. The van der Waals surface area contributed by atoms with Gasteiger partial charge in [0, 0.05) is 38.3 Å². The first-order valence-corrected chi connectivity index (χ1v) is 10.6. The van der Waals surface area contributed by atoms with Crippen LogP contribution in [0.25, 0.3) is 0 Å². The summed E-state index contributed by atoms with van der Waals surface area (Å²) in [7, 11) is 5.86. The van der Waals surface area contributed by atoms with E-state index in [0.29, 0.717) is 0 Å². The van der Waals surface area contributed by atoms with Gasteiger partial charge in [0.25, 0.3) is 0 Å². The Morgan fingerprint density at radius 1 is 1.03 bits per heavy atom. The first kappa shape index (κ1) is 21.7. The highest BCUT2D eigenvalue weighted by Gasteiger charge is 2.41. The smallest absolute Gasteiger partial charge is 0.118 e. The molecule has 158 valence electrons. The highest BCUT2D eigenvalue weighted by molar-refractivity contribution is 5.46. The van der Waals surface area contributed by atoms with E-state index in [0.717, 1.165) is 44.7 Å². The maximum Gasteiger partial charge on any atom is 0.118 e. The molecule has 0 radical (unpaired) electrons. The molecule has 2 aromatic rings. The van der Waals surface area contributed by atoms with Crippen LogP contribution in [0.1, 0.15) is 44.2 Å². The Labute approximate surface area is 176 Å². The molecular weight excluding hydrogens is 360 g/mol. The van der Waals surface area contributed by atoms with Crippen LogP contribution in [0.15, 0.2) is 48.5 Å². The predicted molar refractivity (Wildman–Crippen MR) is 121 cm³/mol. The molecule has 0 amide bonds. The molecule has 1 N–H and O–H groups in total. The second kappa shape index (κ2) is 9.19. The zero-order valence-corrected chi connectivity index (χ0v) is 18.6. The van der Waals surface area contributed by atoms with Gasteiger partial charge in [0.15, 0.2) is 0 Å². The molecule has 4 heteroatoms. The summed E-state index contributed by atoms with van der Waals surface area (Å²) >= 11 is 0. The van der Waals surface area contributed by atoms with E-state index in [1.54, 1.807) is 7.11 Å². The molecule has 0 saturated carbocycles. The molecule has 1 aliphatic heterocycles. The van der Waals surface area contributed by atoms with Crippen molar-refractivity contribution in [1.82, 2.24) is 5.32 Å². The summed E-state index contributed by atoms with van der Waals surface area (Å²) in [5, 5.41) is 3.66. The van der Waals surface area contributed by atoms with Crippen molar-refractivity contribution < 1.29 is 9.47 Å².